The van der Waals surface area contributed by atoms with Gasteiger partial charge in [0.2, 0.25) is 0 Å². The van der Waals surface area contributed by atoms with E-state index < -0.39 is 17.3 Å². The fraction of sp³-hybridized carbons (Fsp3) is 0.655. The van der Waals surface area contributed by atoms with E-state index in [1.807, 2.05) is 6.07 Å². The van der Waals surface area contributed by atoms with E-state index in [1.54, 1.807) is 53.0 Å². The molecule has 8 atom stereocenters. The first-order valence-corrected chi connectivity index (χ1v) is 13.0. The van der Waals surface area contributed by atoms with Gasteiger partial charge in [0.25, 0.3) is 0 Å². The van der Waals surface area contributed by atoms with Crippen LogP contribution in [0.15, 0.2) is 39.8 Å². The molecule has 3 heterocycles. The standard InChI is InChI=1S/C29H39NO7/c1-27-11-10-21(33-5)28(2,16-32-4)20(27)14-22(34-6)29(3)25(27)24(35-7)23-19(37-29)13-18(36-26(23)31)17-9-8-12-30-15-17/h8-9,12-13,15,20-22,24-25H,10-11,14,16H2,1-7H3/t20?,21-,22-,24?,25?,27-,28+,29+/m0/s1. The number of aromatic nitrogens is 1. The molecule has 202 valence electrons. The molecule has 0 N–H and O–H groups in total. The van der Waals surface area contributed by atoms with Crippen LogP contribution in [0, 0.1) is 22.7 Å². The number of hydrogen-bond donors (Lipinski definition) is 0. The summed E-state index contributed by atoms with van der Waals surface area (Å²) in [5.41, 5.74) is -0.533. The van der Waals surface area contributed by atoms with E-state index >= 15 is 0 Å². The van der Waals surface area contributed by atoms with Crippen LogP contribution in [-0.4, -0.2) is 57.8 Å². The van der Waals surface area contributed by atoms with Crippen molar-refractivity contribution in [3.63, 3.8) is 0 Å². The zero-order valence-electron chi connectivity index (χ0n) is 22.9. The van der Waals surface area contributed by atoms with E-state index in [1.165, 1.54) is 0 Å². The highest BCUT2D eigenvalue weighted by molar-refractivity contribution is 5.59. The lowest BCUT2D eigenvalue weighted by atomic mass is 9.42. The Morgan fingerprint density at radius 3 is 2.46 bits per heavy atom. The zero-order chi connectivity index (χ0) is 26.6. The van der Waals surface area contributed by atoms with Crippen molar-refractivity contribution in [3.05, 3.63) is 46.6 Å². The van der Waals surface area contributed by atoms with E-state index in [4.69, 9.17) is 28.1 Å². The molecule has 2 saturated carbocycles. The number of fused-ring (bicyclic) bond motifs is 4. The number of nitrogens with zero attached hydrogens (tertiary/aromatic N) is 1. The first-order valence-electron chi connectivity index (χ1n) is 13.0. The summed E-state index contributed by atoms with van der Waals surface area (Å²) in [4.78, 5) is 17.7. The van der Waals surface area contributed by atoms with Crippen molar-refractivity contribution < 1.29 is 28.1 Å². The van der Waals surface area contributed by atoms with Crippen molar-refractivity contribution in [3.8, 4) is 17.1 Å². The van der Waals surface area contributed by atoms with Crippen LogP contribution in [-0.2, 0) is 18.9 Å². The van der Waals surface area contributed by atoms with Gasteiger partial charge >= 0.3 is 5.63 Å². The maximum Gasteiger partial charge on any atom is 0.345 e. The van der Waals surface area contributed by atoms with Crippen LogP contribution in [0.1, 0.15) is 51.7 Å². The molecule has 0 spiro atoms. The molecule has 2 aromatic rings. The Labute approximate surface area is 218 Å². The van der Waals surface area contributed by atoms with Crippen molar-refractivity contribution in [2.75, 3.05) is 35.0 Å². The van der Waals surface area contributed by atoms with Crippen LogP contribution in [0.25, 0.3) is 11.3 Å². The van der Waals surface area contributed by atoms with Gasteiger partial charge in [0.1, 0.15) is 28.8 Å². The summed E-state index contributed by atoms with van der Waals surface area (Å²) >= 11 is 0. The van der Waals surface area contributed by atoms with Crippen molar-refractivity contribution in [2.45, 2.75) is 63.9 Å². The van der Waals surface area contributed by atoms with Crippen molar-refractivity contribution in [2.24, 2.45) is 22.7 Å². The summed E-state index contributed by atoms with van der Waals surface area (Å²) in [6.45, 7) is 7.25. The zero-order valence-corrected chi connectivity index (χ0v) is 22.9. The molecule has 37 heavy (non-hydrogen) atoms. The predicted octanol–water partition coefficient (Wildman–Crippen LogP) is 4.66. The lowest BCUT2D eigenvalue weighted by Crippen LogP contribution is -2.71. The Morgan fingerprint density at radius 2 is 1.84 bits per heavy atom. The number of hydrogen-bond acceptors (Lipinski definition) is 8. The molecule has 8 nitrogen and oxygen atoms in total. The molecule has 5 rings (SSSR count). The normalized spacial score (nSPS) is 38.7. The van der Waals surface area contributed by atoms with Crippen molar-refractivity contribution >= 4 is 0 Å². The van der Waals surface area contributed by atoms with Gasteiger partial charge in [-0.15, -0.1) is 0 Å². The third-order valence-electron chi connectivity index (χ3n) is 9.78. The van der Waals surface area contributed by atoms with Crippen LogP contribution in [0.4, 0.5) is 0 Å². The SMILES string of the molecule is COC[C@]1(C)C2C[C@H](OC)[C@@]3(C)Oc4cc(-c5cccnc5)oc(=O)c4C(OC)C3[C@@]2(C)CC[C@@H]1OC. The Morgan fingerprint density at radius 1 is 1.08 bits per heavy atom. The second-order valence-corrected chi connectivity index (χ2v) is 11.6. The van der Waals surface area contributed by atoms with Gasteiger partial charge in [0, 0.05) is 63.8 Å². The first kappa shape index (κ1) is 26.4. The minimum atomic E-state index is -0.735. The van der Waals surface area contributed by atoms with Gasteiger partial charge in [-0.25, -0.2) is 4.79 Å². The molecule has 3 aliphatic rings. The Hall–Kier alpha value is -2.26. The van der Waals surface area contributed by atoms with Crippen molar-refractivity contribution in [1.29, 1.82) is 0 Å². The second kappa shape index (κ2) is 9.49. The van der Waals surface area contributed by atoms with Gasteiger partial charge in [-0.05, 0) is 49.7 Å². The van der Waals surface area contributed by atoms with E-state index in [-0.39, 0.29) is 34.9 Å². The minimum Gasteiger partial charge on any atom is -0.484 e. The molecular weight excluding hydrogens is 474 g/mol. The van der Waals surface area contributed by atoms with E-state index in [0.29, 0.717) is 29.2 Å². The highest BCUT2D eigenvalue weighted by atomic mass is 16.6. The molecule has 0 bridgehead atoms. The highest BCUT2D eigenvalue weighted by Crippen LogP contribution is 2.67. The Balaban J connectivity index is 1.68. The molecule has 0 aromatic carbocycles. The lowest BCUT2D eigenvalue weighted by molar-refractivity contribution is -0.273. The molecular formula is C29H39NO7. The summed E-state index contributed by atoms with van der Waals surface area (Å²) < 4.78 is 36.8. The van der Waals surface area contributed by atoms with Crippen LogP contribution in [0.2, 0.25) is 0 Å². The van der Waals surface area contributed by atoms with Gasteiger partial charge in [0.15, 0.2) is 0 Å². The van der Waals surface area contributed by atoms with Crippen LogP contribution in [0.3, 0.4) is 0 Å². The first-order chi connectivity index (χ1) is 17.7. The molecule has 8 heteroatoms. The van der Waals surface area contributed by atoms with Gasteiger partial charge in [-0.1, -0.05) is 13.8 Å². The number of pyridine rings is 1. The summed E-state index contributed by atoms with van der Waals surface area (Å²) in [6.07, 6.45) is 5.21. The fourth-order valence-electron chi connectivity index (χ4n) is 8.27. The molecule has 2 aromatic heterocycles. The fourth-order valence-corrected chi connectivity index (χ4v) is 8.27. The van der Waals surface area contributed by atoms with E-state index in [9.17, 15) is 4.79 Å². The molecule has 0 saturated heterocycles. The number of rotatable bonds is 6. The van der Waals surface area contributed by atoms with Gasteiger partial charge < -0.3 is 28.1 Å². The molecule has 0 radical (unpaired) electrons. The quantitative estimate of drug-likeness (QED) is 0.551. The average Bonchev–Trinajstić information content (AvgIpc) is 2.87. The number of ether oxygens (including phenoxy) is 5. The van der Waals surface area contributed by atoms with Crippen LogP contribution >= 0.6 is 0 Å². The summed E-state index contributed by atoms with van der Waals surface area (Å²) in [5.74, 6) is 0.916. The van der Waals surface area contributed by atoms with Crippen LogP contribution in [0.5, 0.6) is 5.75 Å². The maximum atomic E-state index is 13.5. The Kier molecular flexibility index (Phi) is 6.76. The molecule has 2 aliphatic carbocycles. The van der Waals surface area contributed by atoms with Gasteiger partial charge in [0.05, 0.1) is 18.8 Å². The summed E-state index contributed by atoms with van der Waals surface area (Å²) in [6, 6.07) is 5.45. The predicted molar refractivity (Wildman–Crippen MR) is 138 cm³/mol. The topological polar surface area (TPSA) is 89.2 Å². The second-order valence-electron chi connectivity index (χ2n) is 11.6. The molecule has 2 fully saturated rings. The summed E-state index contributed by atoms with van der Waals surface area (Å²) in [5, 5.41) is 0. The molecule has 3 unspecified atom stereocenters. The van der Waals surface area contributed by atoms with E-state index in [2.05, 4.69) is 25.8 Å². The minimum absolute atomic E-state index is 0.0530. The smallest absolute Gasteiger partial charge is 0.345 e. The third-order valence-corrected chi connectivity index (χ3v) is 9.78. The number of methoxy groups -OCH3 is 4. The van der Waals surface area contributed by atoms with Crippen molar-refractivity contribution in [1.82, 2.24) is 4.98 Å². The van der Waals surface area contributed by atoms with Gasteiger partial charge in [-0.2, -0.15) is 0 Å². The monoisotopic (exact) mass is 513 g/mol. The lowest BCUT2D eigenvalue weighted by Gasteiger charge is -2.67. The van der Waals surface area contributed by atoms with Crippen LogP contribution < -0.4 is 10.4 Å². The highest BCUT2D eigenvalue weighted by Gasteiger charge is 2.69. The molecule has 0 amide bonds. The molecule has 1 aliphatic heterocycles. The summed E-state index contributed by atoms with van der Waals surface area (Å²) in [7, 11) is 6.93. The largest absolute Gasteiger partial charge is 0.484 e. The average molecular weight is 514 g/mol. The van der Waals surface area contributed by atoms with E-state index in [0.717, 1.165) is 19.3 Å². The van der Waals surface area contributed by atoms with Gasteiger partial charge in [-0.3, -0.25) is 4.98 Å². The maximum absolute atomic E-state index is 13.5. The third kappa shape index (κ3) is 3.79. The Bertz CT molecular complexity index is 1180.